The Morgan fingerprint density at radius 3 is 2.61 bits per heavy atom. The van der Waals surface area contributed by atoms with Crippen LogP contribution in [0.3, 0.4) is 0 Å². The fraction of sp³-hybridized carbons (Fsp3) is 0.400. The van der Waals surface area contributed by atoms with E-state index in [2.05, 4.69) is 10.6 Å². The van der Waals surface area contributed by atoms with Gasteiger partial charge in [-0.2, -0.15) is 0 Å². The Hall–Kier alpha value is -2.64. The Kier molecular flexibility index (Phi) is 4.14. The van der Waals surface area contributed by atoms with Gasteiger partial charge in [-0.05, 0) is 18.2 Å². The molecule has 2 fully saturated rings. The number of urea groups is 1. The molecule has 2 N–H and O–H groups in total. The number of nitrogens with one attached hydrogen (secondary N) is 2. The van der Waals surface area contributed by atoms with E-state index >= 15 is 0 Å². The average molecular weight is 320 g/mol. The number of nitrogens with zero attached hydrogens (tertiary/aromatic N) is 2. The van der Waals surface area contributed by atoms with Crippen molar-refractivity contribution in [2.75, 3.05) is 37.6 Å². The summed E-state index contributed by atoms with van der Waals surface area (Å²) >= 11 is 0. The number of rotatable bonds is 2. The maximum atomic E-state index is 14.1. The molecule has 0 saturated carbocycles. The number of halogens is 1. The van der Waals surface area contributed by atoms with E-state index < -0.39 is 11.7 Å². The van der Waals surface area contributed by atoms with Crippen molar-refractivity contribution in [1.82, 2.24) is 15.5 Å². The normalized spacial score (nSPS) is 18.5. The van der Waals surface area contributed by atoms with Gasteiger partial charge in [-0.3, -0.25) is 14.5 Å². The molecule has 4 amide bonds. The summed E-state index contributed by atoms with van der Waals surface area (Å²) in [6, 6.07) is 3.79. The predicted molar refractivity (Wildman–Crippen MR) is 80.7 cm³/mol. The third kappa shape index (κ3) is 3.10. The van der Waals surface area contributed by atoms with Gasteiger partial charge >= 0.3 is 6.03 Å². The van der Waals surface area contributed by atoms with Crippen LogP contribution in [-0.2, 0) is 4.79 Å². The first-order valence-electron chi connectivity index (χ1n) is 7.47. The first-order chi connectivity index (χ1) is 11.1. The van der Waals surface area contributed by atoms with E-state index in [0.717, 1.165) is 0 Å². The van der Waals surface area contributed by atoms with Crippen LogP contribution in [0, 0.1) is 5.82 Å². The summed E-state index contributed by atoms with van der Waals surface area (Å²) in [7, 11) is 0. The zero-order valence-electron chi connectivity index (χ0n) is 12.5. The number of anilines is 1. The minimum Gasteiger partial charge on any atom is -0.354 e. The van der Waals surface area contributed by atoms with Gasteiger partial charge in [0.25, 0.3) is 5.91 Å². The lowest BCUT2D eigenvalue weighted by Gasteiger charge is -2.21. The standard InChI is InChI=1S/C15H17FN4O3/c16-12-2-1-10(20-8-5-18-15(20)23)9-11(12)14(22)19-6-3-13(21)17-4-7-19/h1-2,9H,3-8H2,(H,17,21)(H,18,23). The summed E-state index contributed by atoms with van der Waals surface area (Å²) in [5.74, 6) is -1.23. The van der Waals surface area contributed by atoms with Crippen LogP contribution in [0.25, 0.3) is 0 Å². The molecule has 23 heavy (non-hydrogen) atoms. The van der Waals surface area contributed by atoms with Crippen molar-refractivity contribution in [3.8, 4) is 0 Å². The third-order valence-electron chi connectivity index (χ3n) is 3.95. The number of amides is 4. The molecule has 122 valence electrons. The predicted octanol–water partition coefficient (Wildman–Crippen LogP) is 0.317. The molecule has 2 aliphatic rings. The van der Waals surface area contributed by atoms with Crippen LogP contribution >= 0.6 is 0 Å². The van der Waals surface area contributed by atoms with Crippen molar-refractivity contribution in [2.24, 2.45) is 0 Å². The van der Waals surface area contributed by atoms with Gasteiger partial charge in [-0.25, -0.2) is 9.18 Å². The molecule has 0 aliphatic carbocycles. The third-order valence-corrected chi connectivity index (χ3v) is 3.95. The van der Waals surface area contributed by atoms with E-state index in [9.17, 15) is 18.8 Å². The number of carbonyl (C=O) groups is 3. The second-order valence-electron chi connectivity index (χ2n) is 5.44. The van der Waals surface area contributed by atoms with Gasteiger partial charge in [-0.15, -0.1) is 0 Å². The van der Waals surface area contributed by atoms with E-state index in [1.54, 1.807) is 0 Å². The Morgan fingerprint density at radius 2 is 1.87 bits per heavy atom. The highest BCUT2D eigenvalue weighted by atomic mass is 19.1. The highest BCUT2D eigenvalue weighted by molar-refractivity contribution is 5.99. The Balaban J connectivity index is 1.84. The average Bonchev–Trinajstić information content (AvgIpc) is 2.84. The van der Waals surface area contributed by atoms with E-state index in [0.29, 0.717) is 31.9 Å². The minimum absolute atomic E-state index is 0.0865. The molecule has 1 aromatic rings. The number of benzene rings is 1. The van der Waals surface area contributed by atoms with Gasteiger partial charge < -0.3 is 15.5 Å². The molecule has 2 aliphatic heterocycles. The van der Waals surface area contributed by atoms with Gasteiger partial charge in [0.15, 0.2) is 0 Å². The van der Waals surface area contributed by atoms with E-state index in [1.165, 1.54) is 28.0 Å². The zero-order valence-corrected chi connectivity index (χ0v) is 12.5. The molecule has 2 heterocycles. The molecule has 0 bridgehead atoms. The van der Waals surface area contributed by atoms with Crippen LogP contribution < -0.4 is 15.5 Å². The summed E-state index contributed by atoms with van der Waals surface area (Å²) in [6.45, 7) is 1.91. The molecular formula is C15H17FN4O3. The van der Waals surface area contributed by atoms with E-state index in [1.807, 2.05) is 0 Å². The van der Waals surface area contributed by atoms with Gasteiger partial charge in [0.05, 0.1) is 5.56 Å². The van der Waals surface area contributed by atoms with Crippen LogP contribution in [0.2, 0.25) is 0 Å². The highest BCUT2D eigenvalue weighted by Gasteiger charge is 2.26. The molecule has 0 unspecified atom stereocenters. The molecule has 2 saturated heterocycles. The molecule has 8 heteroatoms. The molecule has 0 radical (unpaired) electrons. The minimum atomic E-state index is -0.637. The lowest BCUT2D eigenvalue weighted by atomic mass is 10.1. The van der Waals surface area contributed by atoms with Crippen molar-refractivity contribution in [1.29, 1.82) is 0 Å². The van der Waals surface area contributed by atoms with Crippen LogP contribution in [0.5, 0.6) is 0 Å². The molecule has 0 atom stereocenters. The number of carbonyl (C=O) groups excluding carboxylic acids is 3. The lowest BCUT2D eigenvalue weighted by molar-refractivity contribution is -0.120. The van der Waals surface area contributed by atoms with Crippen LogP contribution in [0.1, 0.15) is 16.8 Å². The van der Waals surface area contributed by atoms with Crippen LogP contribution in [0.15, 0.2) is 18.2 Å². The monoisotopic (exact) mass is 320 g/mol. The van der Waals surface area contributed by atoms with Crippen LogP contribution in [-0.4, -0.2) is 55.5 Å². The largest absolute Gasteiger partial charge is 0.354 e. The van der Waals surface area contributed by atoms with Crippen molar-refractivity contribution in [3.05, 3.63) is 29.6 Å². The SMILES string of the molecule is O=C1CCN(C(=O)c2cc(N3CCNC3=O)ccc2F)CCN1. The second kappa shape index (κ2) is 6.23. The van der Waals surface area contributed by atoms with Gasteiger partial charge in [0.2, 0.25) is 5.91 Å². The molecule has 7 nitrogen and oxygen atoms in total. The van der Waals surface area contributed by atoms with Gasteiger partial charge in [0.1, 0.15) is 5.82 Å². The maximum absolute atomic E-state index is 14.1. The second-order valence-corrected chi connectivity index (χ2v) is 5.44. The molecular weight excluding hydrogens is 303 g/mol. The van der Waals surface area contributed by atoms with Crippen molar-refractivity contribution >= 4 is 23.5 Å². The lowest BCUT2D eigenvalue weighted by Crippen LogP contribution is -2.35. The Morgan fingerprint density at radius 1 is 1.09 bits per heavy atom. The highest BCUT2D eigenvalue weighted by Crippen LogP contribution is 2.22. The van der Waals surface area contributed by atoms with Crippen molar-refractivity contribution in [3.63, 3.8) is 0 Å². The van der Waals surface area contributed by atoms with E-state index in [4.69, 9.17) is 0 Å². The number of hydrogen-bond donors (Lipinski definition) is 2. The fourth-order valence-electron chi connectivity index (χ4n) is 2.70. The molecule has 3 rings (SSSR count). The summed E-state index contributed by atoms with van der Waals surface area (Å²) in [5, 5.41) is 5.33. The Bertz CT molecular complexity index is 664. The summed E-state index contributed by atoms with van der Waals surface area (Å²) in [6.07, 6.45) is 0.196. The van der Waals surface area contributed by atoms with E-state index in [-0.39, 0.29) is 30.5 Å². The fourth-order valence-corrected chi connectivity index (χ4v) is 2.70. The molecule has 0 spiro atoms. The van der Waals surface area contributed by atoms with Crippen molar-refractivity contribution < 1.29 is 18.8 Å². The van der Waals surface area contributed by atoms with Crippen molar-refractivity contribution in [2.45, 2.75) is 6.42 Å². The quantitative estimate of drug-likeness (QED) is 0.823. The van der Waals surface area contributed by atoms with Crippen LogP contribution in [0.4, 0.5) is 14.9 Å². The Labute approximate surface area is 132 Å². The molecule has 1 aromatic carbocycles. The molecule has 0 aromatic heterocycles. The first kappa shape index (κ1) is 15.3. The van der Waals surface area contributed by atoms with Gasteiger partial charge in [0, 0.05) is 44.8 Å². The smallest absolute Gasteiger partial charge is 0.321 e. The maximum Gasteiger partial charge on any atom is 0.321 e. The summed E-state index contributed by atoms with van der Waals surface area (Å²) in [4.78, 5) is 38.5. The number of hydrogen-bond acceptors (Lipinski definition) is 3. The first-order valence-corrected chi connectivity index (χ1v) is 7.47. The summed E-state index contributed by atoms with van der Waals surface area (Å²) < 4.78 is 14.1. The zero-order chi connectivity index (χ0) is 16.4. The topological polar surface area (TPSA) is 81.8 Å². The van der Waals surface area contributed by atoms with Gasteiger partial charge in [-0.1, -0.05) is 0 Å². The summed E-state index contributed by atoms with van der Waals surface area (Å²) in [5.41, 5.74) is 0.394.